The van der Waals surface area contributed by atoms with Crippen molar-refractivity contribution in [1.29, 1.82) is 0 Å². The molecule has 1 N–H and O–H groups in total. The van der Waals surface area contributed by atoms with Crippen molar-refractivity contribution in [3.8, 4) is 0 Å². The Hall–Kier alpha value is -1.62. The van der Waals surface area contributed by atoms with Crippen molar-refractivity contribution in [2.75, 3.05) is 38.5 Å². The first-order valence-electron chi connectivity index (χ1n) is 7.95. The fourth-order valence-corrected chi connectivity index (χ4v) is 3.43. The quantitative estimate of drug-likeness (QED) is 0.922. The average Bonchev–Trinajstić information content (AvgIpc) is 3.09. The maximum Gasteiger partial charge on any atom is 0.254 e. The minimum atomic E-state index is 0.137. The third-order valence-corrected chi connectivity index (χ3v) is 4.60. The van der Waals surface area contributed by atoms with Gasteiger partial charge in [-0.25, -0.2) is 4.98 Å². The Morgan fingerprint density at radius 2 is 2.10 bits per heavy atom. The lowest BCUT2D eigenvalue weighted by atomic mass is 10.0. The van der Waals surface area contributed by atoms with Crippen molar-refractivity contribution in [3.05, 3.63) is 23.9 Å². The number of aromatic nitrogens is 1. The Morgan fingerprint density at radius 3 is 2.86 bits per heavy atom. The molecule has 0 radical (unpaired) electrons. The van der Waals surface area contributed by atoms with Gasteiger partial charge in [-0.05, 0) is 50.9 Å². The first kappa shape index (κ1) is 14.3. The van der Waals surface area contributed by atoms with E-state index in [1.54, 1.807) is 6.20 Å². The largest absolute Gasteiger partial charge is 0.373 e. The van der Waals surface area contributed by atoms with Crippen LogP contribution >= 0.6 is 0 Å². The molecule has 1 aromatic rings. The van der Waals surface area contributed by atoms with Crippen molar-refractivity contribution < 1.29 is 4.79 Å². The van der Waals surface area contributed by atoms with Gasteiger partial charge in [0, 0.05) is 37.9 Å². The number of carbonyl (C=O) groups excluding carboxylic acids is 1. The molecule has 5 heteroatoms. The SMILES string of the molecule is CNc1cc(C(=O)N2CCC[C@@H](N3CCCC3)C2)ccn1. The number of anilines is 1. The molecule has 3 heterocycles. The van der Waals surface area contributed by atoms with E-state index in [0.717, 1.165) is 30.9 Å². The van der Waals surface area contributed by atoms with E-state index >= 15 is 0 Å². The molecule has 0 aromatic carbocycles. The highest BCUT2D eigenvalue weighted by molar-refractivity contribution is 5.94. The van der Waals surface area contributed by atoms with Crippen LogP contribution in [0.4, 0.5) is 5.82 Å². The van der Waals surface area contributed by atoms with E-state index in [9.17, 15) is 4.79 Å². The smallest absolute Gasteiger partial charge is 0.254 e. The van der Waals surface area contributed by atoms with Gasteiger partial charge in [0.15, 0.2) is 0 Å². The van der Waals surface area contributed by atoms with E-state index in [0.29, 0.717) is 6.04 Å². The van der Waals surface area contributed by atoms with Crippen LogP contribution < -0.4 is 5.32 Å². The number of amides is 1. The number of likely N-dealkylation sites (tertiary alicyclic amines) is 2. The van der Waals surface area contributed by atoms with E-state index in [-0.39, 0.29) is 5.91 Å². The lowest BCUT2D eigenvalue weighted by Gasteiger charge is -2.37. The Balaban J connectivity index is 1.68. The van der Waals surface area contributed by atoms with E-state index in [4.69, 9.17) is 0 Å². The van der Waals surface area contributed by atoms with Crippen LogP contribution in [-0.2, 0) is 0 Å². The summed E-state index contributed by atoms with van der Waals surface area (Å²) in [5.41, 5.74) is 0.733. The summed E-state index contributed by atoms with van der Waals surface area (Å²) in [4.78, 5) is 21.4. The summed E-state index contributed by atoms with van der Waals surface area (Å²) in [6.07, 6.45) is 6.64. The molecule has 0 aliphatic carbocycles. The number of pyridine rings is 1. The molecule has 2 aliphatic rings. The highest BCUT2D eigenvalue weighted by atomic mass is 16.2. The molecular weight excluding hydrogens is 264 g/mol. The van der Waals surface area contributed by atoms with Crippen LogP contribution in [0.5, 0.6) is 0 Å². The molecule has 2 fully saturated rings. The highest BCUT2D eigenvalue weighted by Crippen LogP contribution is 2.22. The zero-order chi connectivity index (χ0) is 14.7. The number of piperidine rings is 1. The molecule has 0 bridgehead atoms. The van der Waals surface area contributed by atoms with Crippen molar-refractivity contribution >= 4 is 11.7 Å². The third-order valence-electron chi connectivity index (χ3n) is 4.60. The van der Waals surface area contributed by atoms with Crippen LogP contribution in [0.3, 0.4) is 0 Å². The van der Waals surface area contributed by atoms with Gasteiger partial charge in [0.25, 0.3) is 5.91 Å². The number of nitrogens with zero attached hydrogens (tertiary/aromatic N) is 3. The predicted molar refractivity (Wildman–Crippen MR) is 83.5 cm³/mol. The van der Waals surface area contributed by atoms with Crippen molar-refractivity contribution in [2.45, 2.75) is 31.7 Å². The van der Waals surface area contributed by atoms with Crippen molar-refractivity contribution in [1.82, 2.24) is 14.8 Å². The summed E-state index contributed by atoms with van der Waals surface area (Å²) < 4.78 is 0. The lowest BCUT2D eigenvalue weighted by Crippen LogP contribution is -2.49. The molecule has 1 aromatic heterocycles. The van der Waals surface area contributed by atoms with E-state index in [2.05, 4.69) is 15.2 Å². The van der Waals surface area contributed by atoms with Gasteiger partial charge >= 0.3 is 0 Å². The van der Waals surface area contributed by atoms with Gasteiger partial charge in [0.05, 0.1) is 0 Å². The number of hydrogen-bond acceptors (Lipinski definition) is 4. The topological polar surface area (TPSA) is 48.5 Å². The molecular formula is C16H24N4O. The van der Waals surface area contributed by atoms with E-state index < -0.39 is 0 Å². The van der Waals surface area contributed by atoms with Crippen LogP contribution in [0.1, 0.15) is 36.0 Å². The number of carbonyl (C=O) groups is 1. The first-order valence-corrected chi connectivity index (χ1v) is 7.95. The van der Waals surface area contributed by atoms with Crippen LogP contribution in [-0.4, -0.2) is 60.0 Å². The predicted octanol–water partition coefficient (Wildman–Crippen LogP) is 1.82. The first-order chi connectivity index (χ1) is 10.3. The van der Waals surface area contributed by atoms with Crippen LogP contribution in [0.2, 0.25) is 0 Å². The third kappa shape index (κ3) is 3.18. The molecule has 3 rings (SSSR count). The van der Waals surface area contributed by atoms with Gasteiger partial charge in [0.1, 0.15) is 5.82 Å². The van der Waals surface area contributed by atoms with E-state index in [1.807, 2.05) is 24.1 Å². The second-order valence-electron chi connectivity index (χ2n) is 5.97. The summed E-state index contributed by atoms with van der Waals surface area (Å²) in [6.45, 7) is 4.15. The van der Waals surface area contributed by atoms with Gasteiger partial charge in [-0.15, -0.1) is 0 Å². The molecule has 2 saturated heterocycles. The molecule has 0 saturated carbocycles. The second-order valence-corrected chi connectivity index (χ2v) is 5.97. The summed E-state index contributed by atoms with van der Waals surface area (Å²) >= 11 is 0. The van der Waals surface area contributed by atoms with Crippen LogP contribution in [0.15, 0.2) is 18.3 Å². The molecule has 21 heavy (non-hydrogen) atoms. The molecule has 2 aliphatic heterocycles. The lowest BCUT2D eigenvalue weighted by molar-refractivity contribution is 0.0608. The minimum Gasteiger partial charge on any atom is -0.373 e. The Morgan fingerprint density at radius 1 is 1.29 bits per heavy atom. The number of hydrogen-bond donors (Lipinski definition) is 1. The molecule has 1 amide bonds. The van der Waals surface area contributed by atoms with E-state index in [1.165, 1.54) is 32.4 Å². The van der Waals surface area contributed by atoms with Crippen LogP contribution in [0.25, 0.3) is 0 Å². The highest BCUT2D eigenvalue weighted by Gasteiger charge is 2.29. The standard InChI is InChI=1S/C16H24N4O/c1-17-15-11-13(6-7-18-15)16(21)20-10-4-5-14(12-20)19-8-2-3-9-19/h6-7,11,14H,2-5,8-10,12H2,1H3,(H,17,18)/t14-/m1/s1. The monoisotopic (exact) mass is 288 g/mol. The van der Waals surface area contributed by atoms with Crippen molar-refractivity contribution in [3.63, 3.8) is 0 Å². The summed E-state index contributed by atoms with van der Waals surface area (Å²) in [5, 5.41) is 2.99. The normalized spacial score (nSPS) is 23.3. The summed E-state index contributed by atoms with van der Waals surface area (Å²) in [5.74, 6) is 0.881. The number of nitrogens with one attached hydrogen (secondary N) is 1. The maximum atomic E-state index is 12.7. The minimum absolute atomic E-state index is 0.137. The van der Waals surface area contributed by atoms with Gasteiger partial charge in [-0.2, -0.15) is 0 Å². The fraction of sp³-hybridized carbons (Fsp3) is 0.625. The van der Waals surface area contributed by atoms with Gasteiger partial charge < -0.3 is 10.2 Å². The van der Waals surface area contributed by atoms with Crippen LogP contribution in [0, 0.1) is 0 Å². The zero-order valence-corrected chi connectivity index (χ0v) is 12.7. The zero-order valence-electron chi connectivity index (χ0n) is 12.7. The van der Waals surface area contributed by atoms with Gasteiger partial charge in [0.2, 0.25) is 0 Å². The van der Waals surface area contributed by atoms with Gasteiger partial charge in [-0.3, -0.25) is 9.69 Å². The maximum absolute atomic E-state index is 12.7. The second kappa shape index (κ2) is 6.43. The molecule has 1 atom stereocenters. The molecule has 5 nitrogen and oxygen atoms in total. The molecule has 114 valence electrons. The Bertz CT molecular complexity index is 499. The molecule has 0 spiro atoms. The van der Waals surface area contributed by atoms with Crippen molar-refractivity contribution in [2.24, 2.45) is 0 Å². The Labute approximate surface area is 126 Å². The van der Waals surface area contributed by atoms with Gasteiger partial charge in [-0.1, -0.05) is 0 Å². The average molecular weight is 288 g/mol. The molecule has 0 unspecified atom stereocenters. The number of rotatable bonds is 3. The summed E-state index contributed by atoms with van der Waals surface area (Å²) in [7, 11) is 1.82. The Kier molecular flexibility index (Phi) is 4.39. The fourth-order valence-electron chi connectivity index (χ4n) is 3.43. The summed E-state index contributed by atoms with van der Waals surface area (Å²) in [6, 6.07) is 4.19.